The maximum absolute atomic E-state index is 12.7. The van der Waals surface area contributed by atoms with E-state index in [2.05, 4.69) is 22.0 Å². The Bertz CT molecular complexity index is 727. The van der Waals surface area contributed by atoms with Crippen molar-refractivity contribution in [1.29, 1.82) is 0 Å². The molecule has 0 bridgehead atoms. The molecule has 7 nitrogen and oxygen atoms in total. The molecule has 0 saturated carbocycles. The number of methoxy groups -OCH3 is 1. The number of rotatable bonds is 5. The molecule has 0 N–H and O–H groups in total. The summed E-state index contributed by atoms with van der Waals surface area (Å²) in [4.78, 5) is 21.0. The molecule has 1 saturated heterocycles. The number of ether oxygens (including phenoxy) is 1. The minimum absolute atomic E-state index is 0.0230. The van der Waals surface area contributed by atoms with Gasteiger partial charge in [0.2, 0.25) is 0 Å². The van der Waals surface area contributed by atoms with E-state index in [9.17, 15) is 4.79 Å². The van der Waals surface area contributed by atoms with Gasteiger partial charge in [0.1, 0.15) is 6.33 Å². The van der Waals surface area contributed by atoms with Crippen molar-refractivity contribution in [2.45, 2.75) is 18.6 Å². The lowest BCUT2D eigenvalue weighted by Crippen LogP contribution is -2.39. The fourth-order valence-corrected chi connectivity index (χ4v) is 3.27. The summed E-state index contributed by atoms with van der Waals surface area (Å²) in [6.45, 7) is 1.60. The van der Waals surface area contributed by atoms with Gasteiger partial charge in [-0.25, -0.2) is 4.98 Å². The normalized spacial score (nSPS) is 20.8. The van der Waals surface area contributed by atoms with Crippen molar-refractivity contribution in [3.63, 3.8) is 0 Å². The van der Waals surface area contributed by atoms with Gasteiger partial charge in [-0.05, 0) is 25.6 Å². The summed E-state index contributed by atoms with van der Waals surface area (Å²) in [7, 11) is 7.51. The van der Waals surface area contributed by atoms with Crippen LogP contribution >= 0.6 is 0 Å². The summed E-state index contributed by atoms with van der Waals surface area (Å²) < 4.78 is 7.10. The zero-order chi connectivity index (χ0) is 18.0. The number of hydrogen-bond acceptors (Lipinski definition) is 5. The predicted molar refractivity (Wildman–Crippen MR) is 95.2 cm³/mol. The lowest BCUT2D eigenvalue weighted by molar-refractivity contribution is 0.0760. The standard InChI is InChI=1S/C18H25N5O2/c1-21-11-16(25-4)9-15(21)10-22(2)18(24)14-7-5-13(6-8-14)17-19-12-23(3)20-17/h5-8,12,15-16H,9-11H2,1-4H3/t15-,16-/m0/s1. The number of amides is 1. The second-order valence-electron chi connectivity index (χ2n) is 6.69. The van der Waals surface area contributed by atoms with Crippen LogP contribution in [0.4, 0.5) is 0 Å². The Labute approximate surface area is 148 Å². The molecule has 0 unspecified atom stereocenters. The van der Waals surface area contributed by atoms with Crippen molar-refractivity contribution in [2.24, 2.45) is 7.05 Å². The van der Waals surface area contributed by atoms with Gasteiger partial charge in [0.05, 0.1) is 6.10 Å². The van der Waals surface area contributed by atoms with Crippen LogP contribution in [0.1, 0.15) is 16.8 Å². The summed E-state index contributed by atoms with van der Waals surface area (Å²) >= 11 is 0. The van der Waals surface area contributed by atoms with Crippen molar-refractivity contribution in [3.8, 4) is 11.4 Å². The van der Waals surface area contributed by atoms with Crippen LogP contribution in [0.25, 0.3) is 11.4 Å². The highest BCUT2D eigenvalue weighted by molar-refractivity contribution is 5.94. The molecule has 0 aliphatic carbocycles. The van der Waals surface area contributed by atoms with Crippen molar-refractivity contribution >= 4 is 5.91 Å². The van der Waals surface area contributed by atoms with Crippen LogP contribution in [0.5, 0.6) is 0 Å². The molecule has 3 rings (SSSR count). The minimum atomic E-state index is 0.0230. The first kappa shape index (κ1) is 17.6. The van der Waals surface area contributed by atoms with E-state index in [4.69, 9.17) is 4.74 Å². The van der Waals surface area contributed by atoms with Gasteiger partial charge < -0.3 is 9.64 Å². The van der Waals surface area contributed by atoms with Crippen LogP contribution in [0, 0.1) is 0 Å². The Morgan fingerprint density at radius 3 is 2.60 bits per heavy atom. The van der Waals surface area contributed by atoms with Crippen molar-refractivity contribution < 1.29 is 9.53 Å². The van der Waals surface area contributed by atoms with Gasteiger partial charge in [0.25, 0.3) is 5.91 Å². The molecule has 134 valence electrons. The predicted octanol–water partition coefficient (Wildman–Crippen LogP) is 1.27. The smallest absolute Gasteiger partial charge is 0.253 e. The molecular formula is C18H25N5O2. The van der Waals surface area contributed by atoms with E-state index in [0.717, 1.165) is 18.5 Å². The maximum Gasteiger partial charge on any atom is 0.253 e. The van der Waals surface area contributed by atoms with Crippen LogP contribution in [-0.2, 0) is 11.8 Å². The highest BCUT2D eigenvalue weighted by Crippen LogP contribution is 2.20. The van der Waals surface area contributed by atoms with Crippen LogP contribution in [0.2, 0.25) is 0 Å². The highest BCUT2D eigenvalue weighted by atomic mass is 16.5. The second-order valence-corrected chi connectivity index (χ2v) is 6.69. The third kappa shape index (κ3) is 3.88. The molecule has 1 amide bonds. The Hall–Kier alpha value is -2.25. The topological polar surface area (TPSA) is 63.5 Å². The van der Waals surface area contributed by atoms with E-state index < -0.39 is 0 Å². The Morgan fingerprint density at radius 2 is 2.04 bits per heavy atom. The monoisotopic (exact) mass is 343 g/mol. The van der Waals surface area contributed by atoms with Gasteiger partial charge >= 0.3 is 0 Å². The number of carbonyl (C=O) groups is 1. The molecule has 2 atom stereocenters. The van der Waals surface area contributed by atoms with E-state index in [-0.39, 0.29) is 12.0 Å². The summed E-state index contributed by atoms with van der Waals surface area (Å²) in [5, 5.41) is 4.28. The lowest BCUT2D eigenvalue weighted by atomic mass is 10.1. The Kier molecular flexibility index (Phi) is 5.15. The van der Waals surface area contributed by atoms with Gasteiger partial charge in [-0.3, -0.25) is 14.4 Å². The molecule has 1 aromatic carbocycles. The van der Waals surface area contributed by atoms with E-state index in [1.165, 1.54) is 0 Å². The van der Waals surface area contributed by atoms with E-state index in [1.54, 1.807) is 23.0 Å². The third-order valence-corrected chi connectivity index (χ3v) is 4.80. The molecule has 25 heavy (non-hydrogen) atoms. The van der Waals surface area contributed by atoms with Crippen LogP contribution in [0.3, 0.4) is 0 Å². The average molecular weight is 343 g/mol. The first-order chi connectivity index (χ1) is 12.0. The SMILES string of the molecule is CO[C@H]1C[C@@H](CN(C)C(=O)c2ccc(-c3ncn(C)n3)cc2)N(C)C1. The summed E-state index contributed by atoms with van der Waals surface area (Å²) in [6.07, 6.45) is 2.87. The van der Waals surface area contributed by atoms with Crippen molar-refractivity contribution in [2.75, 3.05) is 34.3 Å². The van der Waals surface area contributed by atoms with Crippen LogP contribution in [0.15, 0.2) is 30.6 Å². The third-order valence-electron chi connectivity index (χ3n) is 4.80. The number of aromatic nitrogens is 3. The summed E-state index contributed by atoms with van der Waals surface area (Å²) in [5.74, 6) is 0.683. The van der Waals surface area contributed by atoms with Gasteiger partial charge in [-0.15, -0.1) is 0 Å². The number of nitrogens with zero attached hydrogens (tertiary/aromatic N) is 5. The first-order valence-electron chi connectivity index (χ1n) is 8.42. The van der Waals surface area contributed by atoms with E-state index in [1.807, 2.05) is 38.4 Å². The number of likely N-dealkylation sites (N-methyl/N-ethyl adjacent to an activating group) is 2. The number of hydrogen-bond donors (Lipinski definition) is 0. The van der Waals surface area contributed by atoms with Crippen LogP contribution < -0.4 is 0 Å². The fourth-order valence-electron chi connectivity index (χ4n) is 3.27. The Morgan fingerprint density at radius 1 is 1.32 bits per heavy atom. The zero-order valence-electron chi connectivity index (χ0n) is 15.2. The number of aryl methyl sites for hydroxylation is 1. The molecule has 1 aliphatic heterocycles. The molecule has 0 radical (unpaired) electrons. The maximum atomic E-state index is 12.7. The van der Waals surface area contributed by atoms with Crippen molar-refractivity contribution in [1.82, 2.24) is 24.6 Å². The average Bonchev–Trinajstić information content (AvgIpc) is 3.20. The largest absolute Gasteiger partial charge is 0.380 e. The molecule has 0 spiro atoms. The molecular weight excluding hydrogens is 318 g/mol. The zero-order valence-corrected chi connectivity index (χ0v) is 15.2. The lowest BCUT2D eigenvalue weighted by Gasteiger charge is -2.25. The molecule has 1 fully saturated rings. The molecule has 7 heteroatoms. The summed E-state index contributed by atoms with van der Waals surface area (Å²) in [6, 6.07) is 7.77. The molecule has 2 aromatic rings. The van der Waals surface area contributed by atoms with Crippen LogP contribution in [-0.4, -0.2) is 76.9 Å². The highest BCUT2D eigenvalue weighted by Gasteiger charge is 2.31. The van der Waals surface area contributed by atoms with Gasteiger partial charge in [-0.1, -0.05) is 12.1 Å². The fraction of sp³-hybridized carbons (Fsp3) is 0.500. The minimum Gasteiger partial charge on any atom is -0.380 e. The summed E-state index contributed by atoms with van der Waals surface area (Å²) in [5.41, 5.74) is 1.57. The molecule has 1 aromatic heterocycles. The number of benzene rings is 1. The quantitative estimate of drug-likeness (QED) is 0.818. The number of likely N-dealkylation sites (tertiary alicyclic amines) is 1. The Balaban J connectivity index is 1.64. The van der Waals surface area contributed by atoms with Gasteiger partial charge in [0, 0.05) is 51.5 Å². The van der Waals surface area contributed by atoms with Crippen molar-refractivity contribution in [3.05, 3.63) is 36.2 Å². The van der Waals surface area contributed by atoms with E-state index in [0.29, 0.717) is 24.0 Å². The number of carbonyl (C=O) groups excluding carboxylic acids is 1. The second kappa shape index (κ2) is 7.33. The van der Waals surface area contributed by atoms with Gasteiger partial charge in [-0.2, -0.15) is 5.10 Å². The first-order valence-corrected chi connectivity index (χ1v) is 8.42. The molecule has 2 heterocycles. The van der Waals surface area contributed by atoms with Gasteiger partial charge in [0.15, 0.2) is 5.82 Å². The van der Waals surface area contributed by atoms with E-state index >= 15 is 0 Å². The molecule has 1 aliphatic rings.